The molecule has 0 radical (unpaired) electrons. The third kappa shape index (κ3) is 3.64. The number of hydrogen-bond donors (Lipinski definition) is 1. The molecule has 1 N–H and O–H groups in total. The number of aromatic nitrogens is 5. The lowest BCUT2D eigenvalue weighted by Crippen LogP contribution is -2.23. The minimum absolute atomic E-state index is 0.163. The van der Waals surface area contributed by atoms with E-state index >= 15 is 0 Å². The smallest absolute Gasteiger partial charge is 0.241 e. The molecular formula is C12H17ClN6. The fourth-order valence-corrected chi connectivity index (χ4v) is 1.51. The Bertz CT molecular complexity index is 537. The van der Waals surface area contributed by atoms with Gasteiger partial charge in [0.2, 0.25) is 17.2 Å². The number of rotatable bonds is 5. The van der Waals surface area contributed by atoms with E-state index in [1.807, 2.05) is 0 Å². The normalized spacial score (nSPS) is 11.6. The number of hydrogen-bond acceptors (Lipinski definition) is 5. The van der Waals surface area contributed by atoms with Crippen molar-refractivity contribution >= 4 is 17.5 Å². The molecule has 102 valence electrons. The Morgan fingerprint density at radius 1 is 1.32 bits per heavy atom. The molecule has 2 heterocycles. The van der Waals surface area contributed by atoms with Crippen LogP contribution in [0.5, 0.6) is 0 Å². The third-order valence-corrected chi connectivity index (χ3v) is 3.18. The quantitative estimate of drug-likeness (QED) is 0.911. The summed E-state index contributed by atoms with van der Waals surface area (Å²) in [5.74, 6) is 0.930. The first-order valence-corrected chi connectivity index (χ1v) is 6.52. The monoisotopic (exact) mass is 280 g/mol. The van der Waals surface area contributed by atoms with Gasteiger partial charge in [0.05, 0.1) is 0 Å². The number of nitrogens with zero attached hydrogens (tertiary/aromatic N) is 5. The van der Waals surface area contributed by atoms with Gasteiger partial charge in [-0.1, -0.05) is 20.8 Å². The average Bonchev–Trinajstić information content (AvgIpc) is 2.90. The van der Waals surface area contributed by atoms with Gasteiger partial charge in [-0.15, -0.1) is 0 Å². The van der Waals surface area contributed by atoms with Gasteiger partial charge in [-0.25, -0.2) is 4.98 Å². The maximum atomic E-state index is 5.91. The van der Waals surface area contributed by atoms with Crippen LogP contribution in [0.4, 0.5) is 5.95 Å². The van der Waals surface area contributed by atoms with E-state index in [4.69, 9.17) is 11.6 Å². The molecule has 2 rings (SSSR count). The SMILES string of the molecule is CCC(C)(C)CNc1nc(Cl)nc(-n2ccnc2)n1. The van der Waals surface area contributed by atoms with Gasteiger partial charge in [0.1, 0.15) is 6.33 Å². The standard InChI is InChI=1S/C12H17ClN6/c1-4-12(2,3)7-15-10-16-9(13)17-11(18-10)19-6-5-14-8-19/h5-6,8H,4,7H2,1-3H3,(H,15,16,17,18). The van der Waals surface area contributed by atoms with Crippen molar-refractivity contribution in [2.75, 3.05) is 11.9 Å². The second-order valence-electron chi connectivity index (χ2n) is 5.07. The number of imidazole rings is 1. The van der Waals surface area contributed by atoms with Gasteiger partial charge in [-0.05, 0) is 23.4 Å². The average molecular weight is 281 g/mol. The lowest BCUT2D eigenvalue weighted by molar-refractivity contribution is 0.376. The highest BCUT2D eigenvalue weighted by Gasteiger charge is 2.16. The lowest BCUT2D eigenvalue weighted by Gasteiger charge is -2.22. The van der Waals surface area contributed by atoms with Crippen molar-refractivity contribution in [3.05, 3.63) is 24.0 Å². The van der Waals surface area contributed by atoms with E-state index < -0.39 is 0 Å². The van der Waals surface area contributed by atoms with Crippen molar-refractivity contribution < 1.29 is 0 Å². The van der Waals surface area contributed by atoms with Crippen molar-refractivity contribution in [2.45, 2.75) is 27.2 Å². The van der Waals surface area contributed by atoms with E-state index in [-0.39, 0.29) is 10.7 Å². The molecule has 6 nitrogen and oxygen atoms in total. The zero-order valence-corrected chi connectivity index (χ0v) is 12.0. The molecule has 0 aliphatic carbocycles. The van der Waals surface area contributed by atoms with Crippen LogP contribution in [0, 0.1) is 5.41 Å². The zero-order chi connectivity index (χ0) is 13.9. The molecule has 0 fully saturated rings. The van der Waals surface area contributed by atoms with E-state index in [1.54, 1.807) is 23.3 Å². The first kappa shape index (κ1) is 13.7. The van der Waals surface area contributed by atoms with E-state index in [0.717, 1.165) is 13.0 Å². The summed E-state index contributed by atoms with van der Waals surface area (Å²) in [5, 5.41) is 3.36. The van der Waals surface area contributed by atoms with Crippen LogP contribution >= 0.6 is 11.6 Å². The molecule has 0 aromatic carbocycles. The fourth-order valence-electron chi connectivity index (χ4n) is 1.35. The van der Waals surface area contributed by atoms with Crippen LogP contribution in [-0.4, -0.2) is 31.0 Å². The largest absolute Gasteiger partial charge is 0.354 e. The summed E-state index contributed by atoms with van der Waals surface area (Å²) in [6.45, 7) is 7.28. The Kier molecular flexibility index (Phi) is 3.99. The van der Waals surface area contributed by atoms with Gasteiger partial charge in [-0.3, -0.25) is 4.57 Å². The van der Waals surface area contributed by atoms with Gasteiger partial charge in [-0.2, -0.15) is 15.0 Å². The molecule has 0 aliphatic heterocycles. The molecule has 0 saturated carbocycles. The molecule has 0 aliphatic rings. The van der Waals surface area contributed by atoms with Crippen LogP contribution in [0.2, 0.25) is 5.28 Å². The highest BCUT2D eigenvalue weighted by Crippen LogP contribution is 2.20. The summed E-state index contributed by atoms with van der Waals surface area (Å²) in [5.41, 5.74) is 0.175. The summed E-state index contributed by atoms with van der Waals surface area (Å²) in [4.78, 5) is 16.4. The molecule has 0 unspecified atom stereocenters. The van der Waals surface area contributed by atoms with E-state index in [0.29, 0.717) is 11.9 Å². The molecule has 2 aromatic heterocycles. The van der Waals surface area contributed by atoms with Crippen molar-refractivity contribution in [1.29, 1.82) is 0 Å². The minimum atomic E-state index is 0.163. The number of anilines is 1. The maximum absolute atomic E-state index is 5.91. The molecule has 0 amide bonds. The topological polar surface area (TPSA) is 68.5 Å². The third-order valence-electron chi connectivity index (χ3n) is 3.01. The molecule has 0 atom stereocenters. The number of halogens is 1. The molecule has 7 heteroatoms. The Hall–Kier alpha value is -1.69. The lowest BCUT2D eigenvalue weighted by atomic mass is 9.90. The molecule has 2 aromatic rings. The van der Waals surface area contributed by atoms with Gasteiger partial charge in [0.25, 0.3) is 0 Å². The van der Waals surface area contributed by atoms with Gasteiger partial charge >= 0.3 is 0 Å². The van der Waals surface area contributed by atoms with Crippen molar-refractivity contribution in [3.8, 4) is 5.95 Å². The Labute approximate surface area is 117 Å². The van der Waals surface area contributed by atoms with E-state index in [9.17, 15) is 0 Å². The summed E-state index contributed by atoms with van der Waals surface area (Å²) >= 11 is 5.91. The zero-order valence-electron chi connectivity index (χ0n) is 11.3. The highest BCUT2D eigenvalue weighted by atomic mass is 35.5. The predicted molar refractivity (Wildman–Crippen MR) is 74.5 cm³/mol. The first-order chi connectivity index (χ1) is 9.00. The molecule has 19 heavy (non-hydrogen) atoms. The predicted octanol–water partition coefficient (Wildman–Crippen LogP) is 2.56. The second kappa shape index (κ2) is 5.52. The van der Waals surface area contributed by atoms with Crippen LogP contribution in [0.15, 0.2) is 18.7 Å². The summed E-state index contributed by atoms with van der Waals surface area (Å²) in [6, 6.07) is 0. The molecular weight excluding hydrogens is 264 g/mol. The Morgan fingerprint density at radius 3 is 2.74 bits per heavy atom. The van der Waals surface area contributed by atoms with Crippen molar-refractivity contribution in [2.24, 2.45) is 5.41 Å². The molecule has 0 saturated heterocycles. The first-order valence-electron chi connectivity index (χ1n) is 6.14. The van der Waals surface area contributed by atoms with Gasteiger partial charge in [0.15, 0.2) is 0 Å². The van der Waals surface area contributed by atoms with E-state index in [1.165, 1.54) is 0 Å². The van der Waals surface area contributed by atoms with Crippen LogP contribution in [0.1, 0.15) is 27.2 Å². The Morgan fingerprint density at radius 2 is 2.11 bits per heavy atom. The number of nitrogens with one attached hydrogen (secondary N) is 1. The van der Waals surface area contributed by atoms with Crippen molar-refractivity contribution in [3.63, 3.8) is 0 Å². The Balaban J connectivity index is 2.18. The summed E-state index contributed by atoms with van der Waals surface area (Å²) < 4.78 is 1.68. The van der Waals surface area contributed by atoms with E-state index in [2.05, 4.69) is 46.0 Å². The van der Waals surface area contributed by atoms with Crippen LogP contribution in [-0.2, 0) is 0 Å². The van der Waals surface area contributed by atoms with Crippen LogP contribution in [0.25, 0.3) is 5.95 Å². The molecule has 0 bridgehead atoms. The van der Waals surface area contributed by atoms with Crippen LogP contribution < -0.4 is 5.32 Å². The van der Waals surface area contributed by atoms with Gasteiger partial charge in [0, 0.05) is 18.9 Å². The van der Waals surface area contributed by atoms with Crippen LogP contribution in [0.3, 0.4) is 0 Å². The summed E-state index contributed by atoms with van der Waals surface area (Å²) in [6.07, 6.45) is 6.09. The van der Waals surface area contributed by atoms with Crippen molar-refractivity contribution in [1.82, 2.24) is 24.5 Å². The minimum Gasteiger partial charge on any atom is -0.354 e. The fraction of sp³-hybridized carbons (Fsp3) is 0.500. The second-order valence-corrected chi connectivity index (χ2v) is 5.41. The van der Waals surface area contributed by atoms with Gasteiger partial charge < -0.3 is 5.32 Å². The highest BCUT2D eigenvalue weighted by molar-refractivity contribution is 6.28. The summed E-state index contributed by atoms with van der Waals surface area (Å²) in [7, 11) is 0. The maximum Gasteiger partial charge on any atom is 0.241 e. The molecule has 0 spiro atoms.